The molecule has 0 aliphatic heterocycles. The molecule has 0 spiro atoms. The van der Waals surface area contributed by atoms with Crippen LogP contribution in [0.2, 0.25) is 0 Å². The Morgan fingerprint density at radius 2 is 1.60 bits per heavy atom. The third kappa shape index (κ3) is 6.24. The number of fused-ring (bicyclic) bond motifs is 1. The highest BCUT2D eigenvalue weighted by molar-refractivity contribution is 5.88. The van der Waals surface area contributed by atoms with Crippen LogP contribution in [-0.2, 0) is 11.3 Å². The summed E-state index contributed by atoms with van der Waals surface area (Å²) in [6.45, 7) is 1.59. The topological polar surface area (TPSA) is 70.7 Å². The van der Waals surface area contributed by atoms with Gasteiger partial charge in [-0.15, -0.1) is 0 Å². The number of ether oxygens (including phenoxy) is 1. The van der Waals surface area contributed by atoms with Gasteiger partial charge in [-0.05, 0) is 17.0 Å². The summed E-state index contributed by atoms with van der Waals surface area (Å²) in [5, 5.41) is 7.75. The molecule has 3 aromatic carbocycles. The summed E-state index contributed by atoms with van der Waals surface area (Å²) < 4.78 is 5.81. The number of hydrogen-bond donors (Lipinski definition) is 2. The first-order valence-electron chi connectivity index (χ1n) is 10.0. The Bertz CT molecular complexity index is 970. The Labute approximate surface area is 176 Å². The molecule has 0 saturated heterocycles. The first-order valence-corrected chi connectivity index (χ1v) is 10.0. The predicted octanol–water partition coefficient (Wildman–Crippen LogP) is 3.57. The van der Waals surface area contributed by atoms with E-state index in [2.05, 4.69) is 10.6 Å². The lowest BCUT2D eigenvalue weighted by Gasteiger charge is -2.18. The fourth-order valence-electron chi connectivity index (χ4n) is 3.11. The Kier molecular flexibility index (Phi) is 7.66. The van der Waals surface area contributed by atoms with Gasteiger partial charge in [-0.25, -0.2) is 4.79 Å². The summed E-state index contributed by atoms with van der Waals surface area (Å²) in [6, 6.07) is 23.5. The quantitative estimate of drug-likeness (QED) is 0.535. The third-order valence-corrected chi connectivity index (χ3v) is 4.67. The minimum Gasteiger partial charge on any atom is -0.491 e. The molecule has 2 N–H and O–H groups in total. The van der Waals surface area contributed by atoms with Crippen molar-refractivity contribution in [2.45, 2.75) is 13.0 Å². The van der Waals surface area contributed by atoms with E-state index < -0.39 is 0 Å². The zero-order valence-electron chi connectivity index (χ0n) is 17.1. The first-order chi connectivity index (χ1) is 14.6. The molecule has 0 saturated carbocycles. The summed E-state index contributed by atoms with van der Waals surface area (Å²) >= 11 is 0. The summed E-state index contributed by atoms with van der Waals surface area (Å²) in [6.07, 6.45) is 0.221. The van der Waals surface area contributed by atoms with Crippen LogP contribution >= 0.6 is 0 Å². The molecule has 0 radical (unpaired) electrons. The van der Waals surface area contributed by atoms with Gasteiger partial charge < -0.3 is 20.3 Å². The maximum Gasteiger partial charge on any atom is 0.317 e. The highest BCUT2D eigenvalue weighted by Gasteiger charge is 2.09. The van der Waals surface area contributed by atoms with E-state index in [9.17, 15) is 9.59 Å². The largest absolute Gasteiger partial charge is 0.491 e. The van der Waals surface area contributed by atoms with Gasteiger partial charge in [0, 0.05) is 31.9 Å². The molecular formula is C24H27N3O3. The van der Waals surface area contributed by atoms with Crippen LogP contribution in [0.25, 0.3) is 10.8 Å². The predicted molar refractivity (Wildman–Crippen MR) is 118 cm³/mol. The number of rotatable bonds is 9. The van der Waals surface area contributed by atoms with Gasteiger partial charge in [0.1, 0.15) is 12.4 Å². The second kappa shape index (κ2) is 10.9. The minimum atomic E-state index is -0.203. The van der Waals surface area contributed by atoms with Crippen LogP contribution in [0.3, 0.4) is 0 Å². The number of carbonyl (C=O) groups excluding carboxylic acids is 2. The Morgan fingerprint density at radius 1 is 0.867 bits per heavy atom. The van der Waals surface area contributed by atoms with Crippen molar-refractivity contribution < 1.29 is 14.3 Å². The van der Waals surface area contributed by atoms with Crippen molar-refractivity contribution in [1.29, 1.82) is 0 Å². The molecule has 6 heteroatoms. The van der Waals surface area contributed by atoms with Crippen LogP contribution in [-0.4, -0.2) is 43.6 Å². The number of urea groups is 1. The fraction of sp³-hybridized carbons (Fsp3) is 0.250. The smallest absolute Gasteiger partial charge is 0.317 e. The van der Waals surface area contributed by atoms with E-state index in [0.29, 0.717) is 19.7 Å². The second-order valence-corrected chi connectivity index (χ2v) is 7.00. The molecule has 0 fully saturated rings. The molecule has 30 heavy (non-hydrogen) atoms. The number of amides is 3. The fourth-order valence-corrected chi connectivity index (χ4v) is 3.11. The van der Waals surface area contributed by atoms with Crippen LogP contribution in [0, 0.1) is 0 Å². The molecule has 0 aliphatic rings. The number of benzene rings is 3. The van der Waals surface area contributed by atoms with Crippen molar-refractivity contribution >= 4 is 22.7 Å². The number of nitrogens with zero attached hydrogens (tertiary/aromatic N) is 1. The van der Waals surface area contributed by atoms with Gasteiger partial charge in [-0.1, -0.05) is 66.7 Å². The molecule has 0 atom stereocenters. The van der Waals surface area contributed by atoms with E-state index in [1.165, 1.54) is 0 Å². The average molecular weight is 405 g/mol. The van der Waals surface area contributed by atoms with E-state index >= 15 is 0 Å². The van der Waals surface area contributed by atoms with Crippen LogP contribution in [0.15, 0.2) is 72.8 Å². The average Bonchev–Trinajstić information content (AvgIpc) is 2.77. The lowest BCUT2D eigenvalue weighted by molar-refractivity contribution is -0.121. The van der Waals surface area contributed by atoms with Crippen molar-refractivity contribution in [3.63, 3.8) is 0 Å². The molecule has 0 aliphatic carbocycles. The number of carbonyl (C=O) groups is 2. The van der Waals surface area contributed by atoms with E-state index in [-0.39, 0.29) is 24.9 Å². The highest BCUT2D eigenvalue weighted by Crippen LogP contribution is 2.24. The normalized spacial score (nSPS) is 10.4. The summed E-state index contributed by atoms with van der Waals surface area (Å²) in [7, 11) is 1.73. The Morgan fingerprint density at radius 3 is 2.43 bits per heavy atom. The molecule has 3 aromatic rings. The van der Waals surface area contributed by atoms with Crippen molar-refractivity contribution in [1.82, 2.24) is 15.5 Å². The maximum absolute atomic E-state index is 12.1. The number of nitrogens with one attached hydrogen (secondary N) is 2. The lowest BCUT2D eigenvalue weighted by Crippen LogP contribution is -2.39. The summed E-state index contributed by atoms with van der Waals surface area (Å²) in [4.78, 5) is 25.7. The second-order valence-electron chi connectivity index (χ2n) is 7.00. The van der Waals surface area contributed by atoms with Gasteiger partial charge in [0.05, 0.1) is 6.54 Å². The van der Waals surface area contributed by atoms with Crippen molar-refractivity contribution in [2.24, 2.45) is 0 Å². The van der Waals surface area contributed by atoms with Gasteiger partial charge in [0.15, 0.2) is 0 Å². The Balaban J connectivity index is 1.31. The van der Waals surface area contributed by atoms with Crippen LogP contribution in [0.5, 0.6) is 5.75 Å². The van der Waals surface area contributed by atoms with Crippen LogP contribution in [0.4, 0.5) is 4.79 Å². The van der Waals surface area contributed by atoms with E-state index in [1.54, 1.807) is 11.9 Å². The lowest BCUT2D eigenvalue weighted by atomic mass is 10.1. The monoisotopic (exact) mass is 405 g/mol. The van der Waals surface area contributed by atoms with Crippen molar-refractivity contribution in [3.8, 4) is 5.75 Å². The summed E-state index contributed by atoms with van der Waals surface area (Å²) in [5.41, 5.74) is 1.05. The van der Waals surface area contributed by atoms with Gasteiger partial charge in [-0.3, -0.25) is 4.79 Å². The standard InChI is InChI=1S/C24H27N3O3/c1-27(18-19-8-3-2-4-9-19)24(29)26-15-14-23(28)25-16-17-30-22-13-7-11-20-10-5-6-12-21(20)22/h2-13H,14-18H2,1H3,(H,25,28)(H,26,29). The molecule has 6 nitrogen and oxygen atoms in total. The molecule has 0 bridgehead atoms. The molecule has 156 valence electrons. The van der Waals surface area contributed by atoms with Crippen LogP contribution < -0.4 is 15.4 Å². The van der Waals surface area contributed by atoms with Gasteiger partial charge in [0.2, 0.25) is 5.91 Å². The van der Waals surface area contributed by atoms with Crippen molar-refractivity contribution in [2.75, 3.05) is 26.7 Å². The SMILES string of the molecule is CN(Cc1ccccc1)C(=O)NCCC(=O)NCCOc1cccc2ccccc12. The van der Waals surface area contributed by atoms with E-state index in [1.807, 2.05) is 72.8 Å². The molecule has 0 aromatic heterocycles. The molecular weight excluding hydrogens is 378 g/mol. The zero-order valence-corrected chi connectivity index (χ0v) is 17.1. The van der Waals surface area contributed by atoms with E-state index in [0.717, 1.165) is 22.1 Å². The molecule has 3 rings (SSSR count). The third-order valence-electron chi connectivity index (χ3n) is 4.67. The molecule has 0 heterocycles. The van der Waals surface area contributed by atoms with E-state index in [4.69, 9.17) is 4.74 Å². The molecule has 0 unspecified atom stereocenters. The van der Waals surface area contributed by atoms with Crippen molar-refractivity contribution in [3.05, 3.63) is 78.4 Å². The highest BCUT2D eigenvalue weighted by atomic mass is 16.5. The zero-order chi connectivity index (χ0) is 21.2. The van der Waals surface area contributed by atoms with Gasteiger partial charge >= 0.3 is 6.03 Å². The first kappa shape index (κ1) is 21.2. The van der Waals surface area contributed by atoms with Crippen LogP contribution in [0.1, 0.15) is 12.0 Å². The Hall–Kier alpha value is -3.54. The number of hydrogen-bond acceptors (Lipinski definition) is 3. The van der Waals surface area contributed by atoms with Gasteiger partial charge in [-0.2, -0.15) is 0 Å². The minimum absolute atomic E-state index is 0.123. The maximum atomic E-state index is 12.1. The van der Waals surface area contributed by atoms with Gasteiger partial charge in [0.25, 0.3) is 0 Å². The summed E-state index contributed by atoms with van der Waals surface area (Å²) in [5.74, 6) is 0.679. The molecule has 3 amide bonds.